The van der Waals surface area contributed by atoms with Crippen molar-refractivity contribution in [3.05, 3.63) is 63.6 Å². The number of aliphatic hydroxyl groups excluding tert-OH is 1. The summed E-state index contributed by atoms with van der Waals surface area (Å²) in [7, 11) is 1.58. The van der Waals surface area contributed by atoms with Gasteiger partial charge in [-0.25, -0.2) is 4.79 Å². The fraction of sp³-hybridized carbons (Fsp3) is 0.188. The Morgan fingerprint density at radius 3 is 2.62 bits per heavy atom. The Balaban J connectivity index is 2.09. The fourth-order valence-electron chi connectivity index (χ4n) is 2.47. The molecule has 3 N–H and O–H groups in total. The van der Waals surface area contributed by atoms with Crippen molar-refractivity contribution in [2.75, 3.05) is 7.11 Å². The lowest BCUT2D eigenvalue weighted by atomic mass is 9.98. The second-order valence-electron chi connectivity index (χ2n) is 5.03. The van der Waals surface area contributed by atoms with E-state index in [0.717, 1.165) is 5.56 Å². The summed E-state index contributed by atoms with van der Waals surface area (Å²) in [5.41, 5.74) is 3.57. The molecule has 3 aromatic rings. The van der Waals surface area contributed by atoms with Crippen molar-refractivity contribution < 1.29 is 9.84 Å². The van der Waals surface area contributed by atoms with Crippen LogP contribution in [0.5, 0.6) is 5.75 Å². The van der Waals surface area contributed by atoms with Gasteiger partial charge in [-0.2, -0.15) is 0 Å². The van der Waals surface area contributed by atoms with Gasteiger partial charge in [0.2, 0.25) is 0 Å². The lowest BCUT2D eigenvalue weighted by Gasteiger charge is -2.16. The Labute approximate surface area is 121 Å². The van der Waals surface area contributed by atoms with Gasteiger partial charge >= 0.3 is 5.69 Å². The molecule has 0 bridgehead atoms. The van der Waals surface area contributed by atoms with Crippen LogP contribution < -0.4 is 10.4 Å². The number of rotatable bonds is 3. The van der Waals surface area contributed by atoms with Gasteiger partial charge in [-0.05, 0) is 36.8 Å². The first-order chi connectivity index (χ1) is 10.1. The predicted octanol–water partition coefficient (Wildman–Crippen LogP) is 2.25. The molecule has 0 fully saturated rings. The van der Waals surface area contributed by atoms with Crippen LogP contribution in [0, 0.1) is 6.92 Å². The number of H-pyrrole nitrogens is 2. The third-order valence-electron chi connectivity index (χ3n) is 3.54. The number of benzene rings is 2. The fourth-order valence-corrected chi connectivity index (χ4v) is 2.47. The Kier molecular flexibility index (Phi) is 3.27. The molecule has 0 amide bonds. The molecule has 108 valence electrons. The van der Waals surface area contributed by atoms with Gasteiger partial charge in [0, 0.05) is 5.56 Å². The molecule has 0 radical (unpaired) electrons. The summed E-state index contributed by atoms with van der Waals surface area (Å²) in [4.78, 5) is 16.7. The van der Waals surface area contributed by atoms with Gasteiger partial charge in [0.05, 0.1) is 18.1 Å². The molecule has 1 aromatic heterocycles. The first-order valence-electron chi connectivity index (χ1n) is 6.63. The third kappa shape index (κ3) is 2.43. The highest BCUT2D eigenvalue weighted by Gasteiger charge is 2.16. The second kappa shape index (κ2) is 5.10. The molecule has 0 spiro atoms. The van der Waals surface area contributed by atoms with E-state index in [1.54, 1.807) is 25.3 Å². The predicted molar refractivity (Wildman–Crippen MR) is 80.7 cm³/mol. The van der Waals surface area contributed by atoms with Crippen LogP contribution in [0.15, 0.2) is 41.2 Å². The molecule has 1 atom stereocenters. The van der Waals surface area contributed by atoms with Crippen LogP contribution in [0.2, 0.25) is 0 Å². The molecule has 21 heavy (non-hydrogen) atoms. The average Bonchev–Trinajstić information content (AvgIpc) is 2.85. The van der Waals surface area contributed by atoms with Crippen molar-refractivity contribution in [2.45, 2.75) is 13.0 Å². The van der Waals surface area contributed by atoms with Crippen LogP contribution in [0.25, 0.3) is 11.0 Å². The minimum Gasteiger partial charge on any atom is -0.496 e. The summed E-state index contributed by atoms with van der Waals surface area (Å²) < 4.78 is 5.31. The van der Waals surface area contributed by atoms with Gasteiger partial charge in [0.15, 0.2) is 0 Å². The van der Waals surface area contributed by atoms with Crippen molar-refractivity contribution in [2.24, 2.45) is 0 Å². The molecule has 0 saturated carbocycles. The molecule has 0 aliphatic heterocycles. The van der Waals surface area contributed by atoms with E-state index < -0.39 is 6.10 Å². The minimum absolute atomic E-state index is 0.259. The number of hydrogen-bond donors (Lipinski definition) is 3. The van der Waals surface area contributed by atoms with Crippen molar-refractivity contribution in [3.63, 3.8) is 0 Å². The molecule has 3 rings (SSSR count). The number of aromatic nitrogens is 2. The van der Waals surface area contributed by atoms with Crippen LogP contribution in [0.3, 0.4) is 0 Å². The number of aryl methyl sites for hydroxylation is 1. The summed E-state index contributed by atoms with van der Waals surface area (Å²) in [6.07, 6.45) is -0.817. The number of ether oxygens (including phenoxy) is 1. The number of aliphatic hydroxyl groups is 1. The van der Waals surface area contributed by atoms with Crippen LogP contribution in [-0.2, 0) is 0 Å². The summed E-state index contributed by atoms with van der Waals surface area (Å²) in [5.74, 6) is 0.635. The zero-order valence-electron chi connectivity index (χ0n) is 11.8. The minimum atomic E-state index is -0.817. The van der Waals surface area contributed by atoms with Gasteiger partial charge in [0.25, 0.3) is 0 Å². The molecule has 1 unspecified atom stereocenters. The maximum Gasteiger partial charge on any atom is 0.323 e. The van der Waals surface area contributed by atoms with E-state index in [4.69, 9.17) is 4.74 Å². The molecule has 0 aliphatic carbocycles. The Morgan fingerprint density at radius 2 is 1.86 bits per heavy atom. The second-order valence-corrected chi connectivity index (χ2v) is 5.03. The topological polar surface area (TPSA) is 78.1 Å². The van der Waals surface area contributed by atoms with E-state index in [-0.39, 0.29) is 5.69 Å². The highest BCUT2D eigenvalue weighted by molar-refractivity contribution is 5.75. The van der Waals surface area contributed by atoms with Gasteiger partial charge in [-0.1, -0.05) is 17.7 Å². The van der Waals surface area contributed by atoms with Gasteiger partial charge in [-0.15, -0.1) is 0 Å². The highest BCUT2D eigenvalue weighted by atomic mass is 16.5. The molecule has 2 aromatic carbocycles. The van der Waals surface area contributed by atoms with Crippen LogP contribution in [-0.4, -0.2) is 22.2 Å². The monoisotopic (exact) mass is 284 g/mol. The van der Waals surface area contributed by atoms with Crippen LogP contribution in [0.4, 0.5) is 0 Å². The van der Waals surface area contributed by atoms with Crippen molar-refractivity contribution >= 4 is 11.0 Å². The highest BCUT2D eigenvalue weighted by Crippen LogP contribution is 2.31. The number of hydrogen-bond acceptors (Lipinski definition) is 3. The zero-order chi connectivity index (χ0) is 15.0. The lowest BCUT2D eigenvalue weighted by molar-refractivity contribution is 0.215. The third-order valence-corrected chi connectivity index (χ3v) is 3.54. The van der Waals surface area contributed by atoms with E-state index in [9.17, 15) is 9.90 Å². The maximum atomic E-state index is 11.3. The summed E-state index contributed by atoms with van der Waals surface area (Å²) >= 11 is 0. The van der Waals surface area contributed by atoms with Gasteiger partial charge < -0.3 is 19.8 Å². The van der Waals surface area contributed by atoms with Crippen molar-refractivity contribution in [1.29, 1.82) is 0 Å². The standard InChI is InChI=1S/C16H16N2O3/c1-9-3-6-14(21-2)11(7-9)15(19)10-4-5-12-13(8-10)18-16(20)17-12/h3-8,15,19H,1-2H3,(H2,17,18,20). The van der Waals surface area contributed by atoms with E-state index in [2.05, 4.69) is 9.97 Å². The molecule has 5 heteroatoms. The SMILES string of the molecule is COc1ccc(C)cc1C(O)c1ccc2[nH]c(=O)[nH]c2c1. The summed E-state index contributed by atoms with van der Waals surface area (Å²) in [6.45, 7) is 1.96. The Morgan fingerprint density at radius 1 is 1.10 bits per heavy atom. The van der Waals surface area contributed by atoms with Crippen molar-refractivity contribution in [1.82, 2.24) is 9.97 Å². The number of aromatic amines is 2. The summed E-state index contributed by atoms with van der Waals surface area (Å²) in [6, 6.07) is 11.0. The van der Waals surface area contributed by atoms with Gasteiger partial charge in [-0.3, -0.25) is 0 Å². The zero-order valence-corrected chi connectivity index (χ0v) is 11.8. The Bertz CT molecular complexity index is 848. The lowest BCUT2D eigenvalue weighted by Crippen LogP contribution is -2.03. The van der Waals surface area contributed by atoms with Crippen LogP contribution in [0.1, 0.15) is 22.8 Å². The quantitative estimate of drug-likeness (QED) is 0.690. The summed E-state index contributed by atoms with van der Waals surface area (Å²) in [5, 5.41) is 10.6. The van der Waals surface area contributed by atoms with E-state index >= 15 is 0 Å². The van der Waals surface area contributed by atoms with Gasteiger partial charge in [0.1, 0.15) is 11.9 Å². The smallest absolute Gasteiger partial charge is 0.323 e. The molecule has 5 nitrogen and oxygen atoms in total. The molecular weight excluding hydrogens is 268 g/mol. The largest absolute Gasteiger partial charge is 0.496 e. The first kappa shape index (κ1) is 13.5. The maximum absolute atomic E-state index is 11.3. The van der Waals surface area contributed by atoms with E-state index in [1.807, 2.05) is 25.1 Å². The van der Waals surface area contributed by atoms with E-state index in [0.29, 0.717) is 27.9 Å². The first-order valence-corrected chi connectivity index (χ1v) is 6.63. The molecule has 1 heterocycles. The normalized spacial score (nSPS) is 12.5. The Hall–Kier alpha value is -2.53. The molecular formula is C16H16N2O3. The average molecular weight is 284 g/mol. The number of fused-ring (bicyclic) bond motifs is 1. The molecule has 0 saturated heterocycles. The molecule has 0 aliphatic rings. The number of imidazole rings is 1. The number of nitrogens with one attached hydrogen (secondary N) is 2. The van der Waals surface area contributed by atoms with Crippen LogP contribution >= 0.6 is 0 Å². The van der Waals surface area contributed by atoms with E-state index in [1.165, 1.54) is 0 Å². The van der Waals surface area contributed by atoms with Crippen molar-refractivity contribution in [3.8, 4) is 5.75 Å². The number of methoxy groups -OCH3 is 1.